The van der Waals surface area contributed by atoms with Crippen molar-refractivity contribution >= 4 is 16.9 Å². The largest absolute Gasteiger partial charge is 0.433 e. The number of H-pyrrole nitrogens is 1. The van der Waals surface area contributed by atoms with Crippen LogP contribution in [0.1, 0.15) is 42.4 Å². The van der Waals surface area contributed by atoms with Gasteiger partial charge in [0.1, 0.15) is 17.8 Å². The zero-order valence-electron chi connectivity index (χ0n) is 18.1. The van der Waals surface area contributed by atoms with Crippen LogP contribution >= 0.6 is 0 Å². The van der Waals surface area contributed by atoms with Crippen molar-refractivity contribution in [3.8, 4) is 5.69 Å². The van der Waals surface area contributed by atoms with E-state index >= 15 is 0 Å². The molecule has 0 amide bonds. The van der Waals surface area contributed by atoms with Crippen LogP contribution in [0, 0.1) is 5.92 Å². The number of halogens is 6. The van der Waals surface area contributed by atoms with Gasteiger partial charge in [-0.1, -0.05) is 0 Å². The van der Waals surface area contributed by atoms with Gasteiger partial charge in [-0.25, -0.2) is 9.78 Å². The lowest BCUT2D eigenvalue weighted by molar-refractivity contribution is -0.145. The number of anilines is 1. The number of rotatable bonds is 3. The average molecular weight is 510 g/mol. The number of pyridine rings is 1. The Morgan fingerprint density at radius 3 is 2.58 bits per heavy atom. The second kappa shape index (κ2) is 7.58. The molecule has 2 bridgehead atoms. The summed E-state index contributed by atoms with van der Waals surface area (Å²) in [4.78, 5) is 19.2. The standard InChI is InChI=1S/C22H16F6N6O2/c23-21(24,25)11-6-16(22(26,27)28)31-17(7-11)34-13-2-1-10(5-13)18(34)19-32-29-9-33(19)12-3-4-14-15(8-12)36-20(35)30-14/h3-4,6-10,13,18H,1-2,5H2,(H,30,35)/t10-,13+,18-/m0/s1. The van der Waals surface area contributed by atoms with Crippen LogP contribution in [-0.4, -0.2) is 30.8 Å². The van der Waals surface area contributed by atoms with Gasteiger partial charge in [-0.2, -0.15) is 26.3 Å². The van der Waals surface area contributed by atoms with E-state index in [2.05, 4.69) is 20.2 Å². The molecule has 8 nitrogen and oxygen atoms in total. The van der Waals surface area contributed by atoms with Crippen LogP contribution in [0.25, 0.3) is 16.8 Å². The quantitative estimate of drug-likeness (QED) is 0.396. The third-order valence-corrected chi connectivity index (χ3v) is 6.80. The Bertz CT molecular complexity index is 1490. The van der Waals surface area contributed by atoms with Crippen LogP contribution in [0.5, 0.6) is 0 Å². The van der Waals surface area contributed by atoms with Crippen molar-refractivity contribution in [1.82, 2.24) is 24.7 Å². The molecule has 14 heteroatoms. The second-order valence-corrected chi connectivity index (χ2v) is 8.93. The van der Waals surface area contributed by atoms with Crippen molar-refractivity contribution in [1.29, 1.82) is 0 Å². The summed E-state index contributed by atoms with van der Waals surface area (Å²) in [7, 11) is 0. The van der Waals surface area contributed by atoms with Gasteiger partial charge >= 0.3 is 18.1 Å². The normalized spacial score (nSPS) is 22.2. The first kappa shape index (κ1) is 22.6. The molecule has 0 radical (unpaired) electrons. The zero-order chi connectivity index (χ0) is 25.4. The number of hydrogen-bond donors (Lipinski definition) is 1. The fraction of sp³-hybridized carbons (Fsp3) is 0.364. The van der Waals surface area contributed by atoms with E-state index < -0.39 is 41.2 Å². The number of piperidine rings is 1. The first-order valence-corrected chi connectivity index (χ1v) is 11.0. The molecule has 1 aromatic carbocycles. The fourth-order valence-corrected chi connectivity index (χ4v) is 5.34. The number of aromatic nitrogens is 5. The van der Waals surface area contributed by atoms with E-state index in [-0.39, 0.29) is 23.6 Å². The van der Waals surface area contributed by atoms with Gasteiger partial charge in [0.05, 0.1) is 22.8 Å². The van der Waals surface area contributed by atoms with Crippen molar-refractivity contribution in [3.05, 3.63) is 64.3 Å². The minimum atomic E-state index is -5.06. The molecule has 4 aromatic rings. The number of nitrogens with zero attached hydrogens (tertiary/aromatic N) is 5. The molecule has 3 atom stereocenters. The zero-order valence-corrected chi connectivity index (χ0v) is 18.1. The maximum atomic E-state index is 13.5. The summed E-state index contributed by atoms with van der Waals surface area (Å²) < 4.78 is 87.7. The van der Waals surface area contributed by atoms with Crippen molar-refractivity contribution < 1.29 is 30.8 Å². The Kier molecular flexibility index (Phi) is 4.76. The summed E-state index contributed by atoms with van der Waals surface area (Å²) in [5.41, 5.74) is -1.77. The van der Waals surface area contributed by atoms with E-state index in [0.717, 1.165) is 6.42 Å². The summed E-state index contributed by atoms with van der Waals surface area (Å²) in [6, 6.07) is 4.58. The molecule has 36 heavy (non-hydrogen) atoms. The number of alkyl halides is 6. The van der Waals surface area contributed by atoms with Gasteiger partial charge in [-0.05, 0) is 49.4 Å². The predicted octanol–water partition coefficient (Wildman–Crippen LogP) is 4.86. The monoisotopic (exact) mass is 510 g/mol. The van der Waals surface area contributed by atoms with Crippen LogP contribution in [0.4, 0.5) is 32.2 Å². The highest BCUT2D eigenvalue weighted by Gasteiger charge is 2.50. The Hall–Kier alpha value is -3.84. The average Bonchev–Trinajstić information content (AvgIpc) is 3.58. The van der Waals surface area contributed by atoms with E-state index in [1.807, 2.05) is 0 Å². The molecule has 4 heterocycles. The Balaban J connectivity index is 1.47. The van der Waals surface area contributed by atoms with E-state index in [1.165, 1.54) is 11.2 Å². The van der Waals surface area contributed by atoms with Gasteiger partial charge in [-0.3, -0.25) is 9.55 Å². The molecule has 2 aliphatic rings. The van der Waals surface area contributed by atoms with E-state index in [1.54, 1.807) is 22.8 Å². The predicted molar refractivity (Wildman–Crippen MR) is 112 cm³/mol. The van der Waals surface area contributed by atoms with Gasteiger partial charge in [0.25, 0.3) is 0 Å². The topological polar surface area (TPSA) is 92.8 Å². The Labute approximate surface area is 197 Å². The molecule has 188 valence electrons. The molecular formula is C22H16F6N6O2. The molecule has 1 saturated carbocycles. The molecule has 1 saturated heterocycles. The van der Waals surface area contributed by atoms with Gasteiger partial charge in [0, 0.05) is 12.1 Å². The Morgan fingerprint density at radius 2 is 1.83 bits per heavy atom. The van der Waals surface area contributed by atoms with E-state index in [9.17, 15) is 31.1 Å². The third kappa shape index (κ3) is 3.62. The molecule has 1 aliphatic heterocycles. The summed E-state index contributed by atoms with van der Waals surface area (Å²) in [5, 5.41) is 8.16. The van der Waals surface area contributed by atoms with Crippen molar-refractivity contribution in [3.63, 3.8) is 0 Å². The fourth-order valence-electron chi connectivity index (χ4n) is 5.34. The van der Waals surface area contributed by atoms with Gasteiger partial charge in [0.15, 0.2) is 11.4 Å². The molecule has 2 fully saturated rings. The SMILES string of the molecule is O=c1[nH]c2ccc(-n3cnnc3[C@@H]3[C@H]4CC[C@H](C4)N3c3cc(C(F)(F)F)cc(C(F)(F)F)n3)cc2o1. The molecule has 0 unspecified atom stereocenters. The first-order valence-electron chi connectivity index (χ1n) is 11.0. The van der Waals surface area contributed by atoms with Crippen LogP contribution in [0.3, 0.4) is 0 Å². The molecule has 0 spiro atoms. The summed E-state index contributed by atoms with van der Waals surface area (Å²) >= 11 is 0. The number of oxazole rings is 1. The Morgan fingerprint density at radius 1 is 1.03 bits per heavy atom. The lowest BCUT2D eigenvalue weighted by Gasteiger charge is -2.36. The second-order valence-electron chi connectivity index (χ2n) is 8.93. The van der Waals surface area contributed by atoms with Crippen LogP contribution in [-0.2, 0) is 12.4 Å². The number of benzene rings is 1. The van der Waals surface area contributed by atoms with Crippen molar-refractivity contribution in [2.75, 3.05) is 4.90 Å². The summed E-state index contributed by atoms with van der Waals surface area (Å²) in [6.45, 7) is 0. The van der Waals surface area contributed by atoms with Crippen LogP contribution < -0.4 is 10.7 Å². The third-order valence-electron chi connectivity index (χ3n) is 6.80. The minimum Gasteiger partial charge on any atom is -0.408 e. The maximum absolute atomic E-state index is 13.5. The molecule has 1 N–H and O–H groups in total. The lowest BCUT2D eigenvalue weighted by Crippen LogP contribution is -2.37. The molecule has 1 aliphatic carbocycles. The van der Waals surface area contributed by atoms with Gasteiger partial charge in [0.2, 0.25) is 0 Å². The van der Waals surface area contributed by atoms with E-state index in [0.29, 0.717) is 35.9 Å². The van der Waals surface area contributed by atoms with Crippen molar-refractivity contribution in [2.45, 2.75) is 43.7 Å². The van der Waals surface area contributed by atoms with Gasteiger partial charge in [-0.15, -0.1) is 10.2 Å². The number of aromatic amines is 1. The van der Waals surface area contributed by atoms with Crippen LogP contribution in [0.2, 0.25) is 0 Å². The molecular weight excluding hydrogens is 494 g/mol. The number of hydrogen-bond acceptors (Lipinski definition) is 6. The lowest BCUT2D eigenvalue weighted by atomic mass is 9.97. The highest BCUT2D eigenvalue weighted by atomic mass is 19.4. The van der Waals surface area contributed by atoms with Crippen LogP contribution in [0.15, 0.2) is 45.9 Å². The smallest absolute Gasteiger partial charge is 0.408 e. The number of fused-ring (bicyclic) bond motifs is 3. The number of nitrogens with one attached hydrogen (secondary N) is 1. The maximum Gasteiger partial charge on any atom is 0.433 e. The highest BCUT2D eigenvalue weighted by Crippen LogP contribution is 2.52. The molecule has 6 rings (SSSR count). The first-order chi connectivity index (χ1) is 17.0. The molecule has 3 aromatic heterocycles. The van der Waals surface area contributed by atoms with Crippen molar-refractivity contribution in [2.24, 2.45) is 5.92 Å². The summed E-state index contributed by atoms with van der Waals surface area (Å²) in [5.74, 6) is -0.776. The van der Waals surface area contributed by atoms with Gasteiger partial charge < -0.3 is 9.32 Å². The summed E-state index contributed by atoms with van der Waals surface area (Å²) in [6.07, 6.45) is -6.73. The van der Waals surface area contributed by atoms with E-state index in [4.69, 9.17) is 4.42 Å². The minimum absolute atomic E-state index is 0.0230. The highest BCUT2D eigenvalue weighted by molar-refractivity contribution is 5.74.